The number of rotatable bonds is 9. The van der Waals surface area contributed by atoms with Crippen molar-refractivity contribution in [1.82, 2.24) is 4.72 Å². The second-order valence-electron chi connectivity index (χ2n) is 4.60. The molecule has 0 aliphatic rings. The van der Waals surface area contributed by atoms with E-state index in [-0.39, 0.29) is 11.3 Å². The monoisotopic (exact) mass is 310 g/mol. The highest BCUT2D eigenvalue weighted by Gasteiger charge is 2.13. The fourth-order valence-electron chi connectivity index (χ4n) is 1.78. The Morgan fingerprint density at radius 1 is 1.24 bits per heavy atom. The number of carbonyl (C=O) groups is 1. The minimum atomic E-state index is -3.59. The summed E-state index contributed by atoms with van der Waals surface area (Å²) in [6.45, 7) is 0.298. The Morgan fingerprint density at radius 3 is 2.62 bits per heavy atom. The Bertz CT molecular complexity index is 620. The van der Waals surface area contributed by atoms with Gasteiger partial charge in [-0.1, -0.05) is 18.9 Å². The van der Waals surface area contributed by atoms with Crippen LogP contribution in [0.1, 0.15) is 37.7 Å². The van der Waals surface area contributed by atoms with Crippen molar-refractivity contribution in [3.05, 3.63) is 29.8 Å². The minimum absolute atomic E-state index is 0.0763. The summed E-state index contributed by atoms with van der Waals surface area (Å²) in [4.78, 5) is 10.4. The van der Waals surface area contributed by atoms with E-state index in [4.69, 9.17) is 10.4 Å². The van der Waals surface area contributed by atoms with Gasteiger partial charge in [0, 0.05) is 13.0 Å². The first-order valence-corrected chi connectivity index (χ1v) is 8.15. The number of aliphatic carboxylic acids is 1. The number of unbranched alkanes of at least 4 members (excludes halogenated alkanes) is 3. The highest BCUT2D eigenvalue weighted by Crippen LogP contribution is 2.11. The molecule has 0 heterocycles. The van der Waals surface area contributed by atoms with Gasteiger partial charge in [0.1, 0.15) is 0 Å². The largest absolute Gasteiger partial charge is 0.481 e. The van der Waals surface area contributed by atoms with Crippen LogP contribution in [0.4, 0.5) is 0 Å². The maximum Gasteiger partial charge on any atom is 0.303 e. The van der Waals surface area contributed by atoms with Crippen LogP contribution in [0, 0.1) is 11.3 Å². The van der Waals surface area contributed by atoms with Crippen molar-refractivity contribution < 1.29 is 18.3 Å². The van der Waals surface area contributed by atoms with Crippen LogP contribution in [-0.4, -0.2) is 26.0 Å². The van der Waals surface area contributed by atoms with Crippen LogP contribution in [0.25, 0.3) is 0 Å². The van der Waals surface area contributed by atoms with Gasteiger partial charge in [-0.15, -0.1) is 0 Å². The van der Waals surface area contributed by atoms with E-state index >= 15 is 0 Å². The summed E-state index contributed by atoms with van der Waals surface area (Å²) in [6.07, 6.45) is 2.93. The molecular weight excluding hydrogens is 292 g/mol. The van der Waals surface area contributed by atoms with Gasteiger partial charge >= 0.3 is 5.97 Å². The van der Waals surface area contributed by atoms with Gasteiger partial charge in [-0.05, 0) is 31.0 Å². The van der Waals surface area contributed by atoms with E-state index in [1.165, 1.54) is 18.2 Å². The van der Waals surface area contributed by atoms with Gasteiger partial charge in [-0.2, -0.15) is 5.26 Å². The van der Waals surface area contributed by atoms with Gasteiger partial charge in [0.25, 0.3) is 0 Å². The van der Waals surface area contributed by atoms with E-state index in [0.29, 0.717) is 24.9 Å². The van der Waals surface area contributed by atoms with E-state index in [2.05, 4.69) is 4.72 Å². The molecule has 6 nitrogen and oxygen atoms in total. The van der Waals surface area contributed by atoms with Crippen LogP contribution in [-0.2, 0) is 14.8 Å². The minimum Gasteiger partial charge on any atom is -0.481 e. The molecule has 2 N–H and O–H groups in total. The predicted molar refractivity (Wildman–Crippen MR) is 77.1 cm³/mol. The summed E-state index contributed by atoms with van der Waals surface area (Å²) in [5.41, 5.74) is 0.298. The molecule has 0 radical (unpaired) electrons. The number of carboxylic acids is 1. The molecule has 0 bridgehead atoms. The maximum atomic E-state index is 12.0. The van der Waals surface area contributed by atoms with Gasteiger partial charge in [0.15, 0.2) is 0 Å². The van der Waals surface area contributed by atoms with E-state index in [1.807, 2.05) is 6.07 Å². The van der Waals surface area contributed by atoms with Crippen molar-refractivity contribution >= 4 is 16.0 Å². The highest BCUT2D eigenvalue weighted by molar-refractivity contribution is 7.89. The number of hydrogen-bond acceptors (Lipinski definition) is 4. The summed E-state index contributed by atoms with van der Waals surface area (Å²) in [7, 11) is -3.59. The molecule has 21 heavy (non-hydrogen) atoms. The van der Waals surface area contributed by atoms with Crippen molar-refractivity contribution in [2.75, 3.05) is 6.54 Å². The van der Waals surface area contributed by atoms with Gasteiger partial charge < -0.3 is 5.11 Å². The molecule has 0 aromatic heterocycles. The number of carboxylic acid groups (broad SMARTS) is 1. The molecule has 0 aliphatic carbocycles. The Hall–Kier alpha value is -1.91. The molecular formula is C14H18N2O4S. The predicted octanol–water partition coefficient (Wildman–Crippen LogP) is 1.87. The molecule has 0 unspecified atom stereocenters. The van der Waals surface area contributed by atoms with Crippen LogP contribution in [0.15, 0.2) is 29.2 Å². The summed E-state index contributed by atoms with van der Waals surface area (Å²) >= 11 is 0. The third-order valence-corrected chi connectivity index (χ3v) is 4.34. The highest BCUT2D eigenvalue weighted by atomic mass is 32.2. The number of nitrogens with one attached hydrogen (secondary N) is 1. The molecule has 0 amide bonds. The van der Waals surface area contributed by atoms with Gasteiger partial charge in [0.2, 0.25) is 10.0 Å². The van der Waals surface area contributed by atoms with Crippen LogP contribution < -0.4 is 4.72 Å². The number of nitrogens with zero attached hydrogens (tertiary/aromatic N) is 1. The molecule has 1 rings (SSSR count). The van der Waals surface area contributed by atoms with Crippen molar-refractivity contribution in [2.45, 2.75) is 37.0 Å². The molecule has 114 valence electrons. The molecule has 0 saturated heterocycles. The topological polar surface area (TPSA) is 107 Å². The number of benzene rings is 1. The quantitative estimate of drug-likeness (QED) is 0.677. The fourth-order valence-corrected chi connectivity index (χ4v) is 2.90. The zero-order chi connectivity index (χ0) is 15.7. The van der Waals surface area contributed by atoms with Crippen LogP contribution in [0.2, 0.25) is 0 Å². The van der Waals surface area contributed by atoms with Gasteiger partial charge in [-0.3, -0.25) is 4.79 Å². The van der Waals surface area contributed by atoms with Crippen LogP contribution in [0.5, 0.6) is 0 Å². The third kappa shape index (κ3) is 6.38. The zero-order valence-corrected chi connectivity index (χ0v) is 12.4. The molecule has 0 saturated carbocycles. The lowest BCUT2D eigenvalue weighted by Gasteiger charge is -2.06. The summed E-state index contributed by atoms with van der Waals surface area (Å²) < 4.78 is 26.4. The van der Waals surface area contributed by atoms with Crippen molar-refractivity contribution in [1.29, 1.82) is 5.26 Å². The maximum absolute atomic E-state index is 12.0. The number of hydrogen-bond donors (Lipinski definition) is 2. The average Bonchev–Trinajstić information content (AvgIpc) is 2.46. The molecule has 7 heteroatoms. The Kier molecular flexibility index (Phi) is 6.85. The second kappa shape index (κ2) is 8.39. The van der Waals surface area contributed by atoms with Gasteiger partial charge in [0.05, 0.1) is 16.5 Å². The second-order valence-corrected chi connectivity index (χ2v) is 6.36. The van der Waals surface area contributed by atoms with Gasteiger partial charge in [-0.25, -0.2) is 13.1 Å². The SMILES string of the molecule is N#Cc1cccc(S(=O)(=O)NCCCCCCC(=O)O)c1. The summed E-state index contributed by atoms with van der Waals surface area (Å²) in [6, 6.07) is 7.74. The first-order valence-electron chi connectivity index (χ1n) is 6.67. The third-order valence-electron chi connectivity index (χ3n) is 2.88. The van der Waals surface area contributed by atoms with Crippen molar-refractivity contribution in [2.24, 2.45) is 0 Å². The van der Waals surface area contributed by atoms with Crippen molar-refractivity contribution in [3.8, 4) is 6.07 Å². The molecule has 0 atom stereocenters. The normalized spacial score (nSPS) is 11.0. The number of nitriles is 1. The van der Waals surface area contributed by atoms with Crippen LogP contribution in [0.3, 0.4) is 0 Å². The Labute approximate surface area is 124 Å². The van der Waals surface area contributed by atoms with Crippen LogP contribution >= 0.6 is 0 Å². The van der Waals surface area contributed by atoms with Crippen molar-refractivity contribution in [3.63, 3.8) is 0 Å². The van der Waals surface area contributed by atoms with E-state index < -0.39 is 16.0 Å². The number of sulfonamides is 1. The first kappa shape index (κ1) is 17.1. The smallest absolute Gasteiger partial charge is 0.303 e. The summed E-state index contributed by atoms with van der Waals surface area (Å²) in [5.74, 6) is -0.812. The first-order chi connectivity index (χ1) is 9.95. The fraction of sp³-hybridized carbons (Fsp3) is 0.429. The zero-order valence-electron chi connectivity index (χ0n) is 11.6. The Morgan fingerprint density at radius 2 is 1.95 bits per heavy atom. The van der Waals surface area contributed by atoms with E-state index in [1.54, 1.807) is 6.07 Å². The lowest BCUT2D eigenvalue weighted by atomic mass is 10.1. The lowest BCUT2D eigenvalue weighted by molar-refractivity contribution is -0.137. The van der Waals surface area contributed by atoms with E-state index in [9.17, 15) is 13.2 Å². The molecule has 0 spiro atoms. The molecule has 0 fully saturated rings. The van der Waals surface area contributed by atoms with E-state index in [0.717, 1.165) is 12.8 Å². The lowest BCUT2D eigenvalue weighted by Crippen LogP contribution is -2.24. The standard InChI is InChI=1S/C14H18N2O4S/c15-11-12-6-5-7-13(10-12)21(19,20)16-9-4-2-1-3-8-14(17)18/h5-7,10,16H,1-4,8-9H2,(H,17,18). The summed E-state index contributed by atoms with van der Waals surface area (Å²) in [5, 5.41) is 17.2. The molecule has 1 aromatic carbocycles. The Balaban J connectivity index is 2.36. The average molecular weight is 310 g/mol. The molecule has 1 aromatic rings. The molecule has 0 aliphatic heterocycles.